The average molecular weight is 314 g/mol. The SMILES string of the molecule is COc1ccc(OCCC(C)(C)C)c([B-](F)(F)F)c1.[K+]. The molecular weight excluding hydrogens is 295 g/mol. The van der Waals surface area contributed by atoms with Crippen molar-refractivity contribution in [2.45, 2.75) is 27.2 Å². The van der Waals surface area contributed by atoms with Crippen LogP contribution in [0.2, 0.25) is 0 Å². The molecule has 20 heavy (non-hydrogen) atoms. The van der Waals surface area contributed by atoms with E-state index in [0.29, 0.717) is 6.42 Å². The van der Waals surface area contributed by atoms with Crippen LogP contribution in [0.4, 0.5) is 12.9 Å². The van der Waals surface area contributed by atoms with E-state index < -0.39 is 12.4 Å². The summed E-state index contributed by atoms with van der Waals surface area (Å²) in [6.07, 6.45) is 0.684. The molecular formula is C13H19BF3KO2. The Kier molecular flexibility index (Phi) is 8.20. The van der Waals surface area contributed by atoms with Crippen LogP contribution in [-0.4, -0.2) is 20.7 Å². The molecule has 2 nitrogen and oxygen atoms in total. The molecule has 0 spiro atoms. The van der Waals surface area contributed by atoms with Crippen LogP contribution in [0.3, 0.4) is 0 Å². The van der Waals surface area contributed by atoms with Gasteiger partial charge in [0.1, 0.15) is 5.75 Å². The molecule has 1 aromatic rings. The topological polar surface area (TPSA) is 18.5 Å². The minimum atomic E-state index is -5.12. The van der Waals surface area contributed by atoms with Gasteiger partial charge in [-0.2, -0.15) is 0 Å². The molecule has 0 amide bonds. The molecule has 0 N–H and O–H groups in total. The minimum Gasteiger partial charge on any atom is -0.497 e. The van der Waals surface area contributed by atoms with Gasteiger partial charge in [-0.15, -0.1) is 0 Å². The maximum atomic E-state index is 13.0. The van der Waals surface area contributed by atoms with E-state index in [-0.39, 0.29) is 74.9 Å². The van der Waals surface area contributed by atoms with Crippen LogP contribution in [-0.2, 0) is 0 Å². The van der Waals surface area contributed by atoms with Gasteiger partial charge in [-0.25, -0.2) is 0 Å². The van der Waals surface area contributed by atoms with Gasteiger partial charge in [-0.1, -0.05) is 26.2 Å². The largest absolute Gasteiger partial charge is 1.00 e. The van der Waals surface area contributed by atoms with Gasteiger partial charge in [-0.3, -0.25) is 0 Å². The molecule has 7 heteroatoms. The van der Waals surface area contributed by atoms with Crippen molar-refractivity contribution in [2.75, 3.05) is 13.7 Å². The zero-order valence-electron chi connectivity index (χ0n) is 12.7. The summed E-state index contributed by atoms with van der Waals surface area (Å²) in [4.78, 5) is 0. The second-order valence-corrected chi connectivity index (χ2v) is 5.64. The Balaban J connectivity index is 0.00000361. The van der Waals surface area contributed by atoms with Gasteiger partial charge in [0, 0.05) is 0 Å². The Bertz CT molecular complexity index is 431. The Hall–Kier alpha value is 0.311. The minimum absolute atomic E-state index is 0. The van der Waals surface area contributed by atoms with Gasteiger partial charge in [0.25, 0.3) is 0 Å². The molecule has 0 unspecified atom stereocenters. The van der Waals surface area contributed by atoms with Crippen LogP contribution < -0.4 is 66.3 Å². The number of hydrogen-bond donors (Lipinski definition) is 0. The molecule has 1 rings (SSSR count). The summed E-state index contributed by atoms with van der Waals surface area (Å²) in [5.41, 5.74) is -0.719. The standard InChI is InChI=1S/C13H19BF3O2.K/c1-13(2,3)7-8-19-12-6-5-10(18-4)9-11(12)14(15,16)17;/h5-6,9H,7-8H2,1-4H3;/q-1;+1. The summed E-state index contributed by atoms with van der Waals surface area (Å²) in [7, 11) is 1.34. The molecule has 0 fully saturated rings. The second-order valence-electron chi connectivity index (χ2n) is 5.64. The molecule has 0 saturated carbocycles. The summed E-state index contributed by atoms with van der Waals surface area (Å²) < 4.78 is 49.0. The first-order chi connectivity index (χ1) is 8.63. The van der Waals surface area contributed by atoms with Gasteiger partial charge < -0.3 is 22.4 Å². The predicted octanol–water partition coefficient (Wildman–Crippen LogP) is 0.569. The molecule has 0 radical (unpaired) electrons. The van der Waals surface area contributed by atoms with Crippen molar-refractivity contribution in [3.8, 4) is 11.5 Å². The van der Waals surface area contributed by atoms with Crippen LogP contribution in [0.1, 0.15) is 27.2 Å². The Morgan fingerprint density at radius 1 is 1.15 bits per heavy atom. The van der Waals surface area contributed by atoms with E-state index in [0.717, 1.165) is 6.07 Å². The van der Waals surface area contributed by atoms with Crippen LogP contribution in [0.15, 0.2) is 18.2 Å². The van der Waals surface area contributed by atoms with Gasteiger partial charge in [0.15, 0.2) is 0 Å². The van der Waals surface area contributed by atoms with Crippen molar-refractivity contribution in [3.63, 3.8) is 0 Å². The monoisotopic (exact) mass is 314 g/mol. The third-order valence-corrected chi connectivity index (χ3v) is 2.68. The van der Waals surface area contributed by atoms with Gasteiger partial charge in [-0.05, 0) is 30.0 Å². The summed E-state index contributed by atoms with van der Waals surface area (Å²) in [6, 6.07) is 3.76. The summed E-state index contributed by atoms with van der Waals surface area (Å²) >= 11 is 0. The first-order valence-electron chi connectivity index (χ1n) is 6.14. The van der Waals surface area contributed by atoms with E-state index in [1.807, 2.05) is 20.8 Å². The summed E-state index contributed by atoms with van der Waals surface area (Å²) in [5, 5.41) is 0. The quantitative estimate of drug-likeness (QED) is 0.740. The number of halogens is 3. The molecule has 0 saturated heterocycles. The zero-order valence-corrected chi connectivity index (χ0v) is 15.8. The Labute approximate surface area is 160 Å². The average Bonchev–Trinajstić information content (AvgIpc) is 2.26. The first-order valence-corrected chi connectivity index (χ1v) is 6.14. The predicted molar refractivity (Wildman–Crippen MR) is 71.3 cm³/mol. The normalized spacial score (nSPS) is 11.8. The van der Waals surface area contributed by atoms with E-state index in [1.165, 1.54) is 19.2 Å². The summed E-state index contributed by atoms with van der Waals surface area (Å²) in [6.45, 7) is 1.18. The molecule has 0 aromatic heterocycles. The van der Waals surface area contributed by atoms with Crippen LogP contribution in [0.5, 0.6) is 11.5 Å². The van der Waals surface area contributed by atoms with E-state index in [2.05, 4.69) is 0 Å². The van der Waals surface area contributed by atoms with Gasteiger partial charge >= 0.3 is 58.4 Å². The van der Waals surface area contributed by atoms with Crippen LogP contribution >= 0.6 is 0 Å². The van der Waals surface area contributed by atoms with Crippen LogP contribution in [0.25, 0.3) is 0 Å². The molecule has 0 heterocycles. The fourth-order valence-electron chi connectivity index (χ4n) is 1.51. The Morgan fingerprint density at radius 2 is 1.75 bits per heavy atom. The fraction of sp³-hybridized carbons (Fsp3) is 0.538. The molecule has 1 aromatic carbocycles. The third kappa shape index (κ3) is 6.85. The van der Waals surface area contributed by atoms with Crippen molar-refractivity contribution in [2.24, 2.45) is 5.41 Å². The van der Waals surface area contributed by atoms with Crippen molar-refractivity contribution in [1.29, 1.82) is 0 Å². The van der Waals surface area contributed by atoms with E-state index in [1.54, 1.807) is 0 Å². The summed E-state index contributed by atoms with van der Waals surface area (Å²) in [5.74, 6) is 0.0509. The zero-order chi connectivity index (χ0) is 14.7. The molecule has 0 aliphatic heterocycles. The molecule has 108 valence electrons. The Morgan fingerprint density at radius 3 is 2.20 bits per heavy atom. The third-order valence-electron chi connectivity index (χ3n) is 2.68. The number of hydrogen-bond acceptors (Lipinski definition) is 2. The van der Waals surface area contributed by atoms with E-state index in [9.17, 15) is 12.9 Å². The van der Waals surface area contributed by atoms with Crippen molar-refractivity contribution in [1.82, 2.24) is 0 Å². The second kappa shape index (κ2) is 8.08. The first kappa shape index (κ1) is 20.3. The number of ether oxygens (including phenoxy) is 2. The van der Waals surface area contributed by atoms with E-state index >= 15 is 0 Å². The maximum Gasteiger partial charge on any atom is 1.00 e. The van der Waals surface area contributed by atoms with Gasteiger partial charge in [0.05, 0.1) is 19.5 Å². The number of rotatable bonds is 5. The number of benzene rings is 1. The van der Waals surface area contributed by atoms with E-state index in [4.69, 9.17) is 9.47 Å². The van der Waals surface area contributed by atoms with Crippen molar-refractivity contribution in [3.05, 3.63) is 18.2 Å². The molecule has 0 aliphatic carbocycles. The fourth-order valence-corrected chi connectivity index (χ4v) is 1.51. The van der Waals surface area contributed by atoms with Crippen LogP contribution in [0, 0.1) is 5.41 Å². The molecule has 0 bridgehead atoms. The number of methoxy groups -OCH3 is 1. The molecule has 0 aliphatic rings. The van der Waals surface area contributed by atoms with Crippen molar-refractivity contribution >= 4 is 12.4 Å². The van der Waals surface area contributed by atoms with Crippen molar-refractivity contribution < 1.29 is 73.8 Å². The maximum absolute atomic E-state index is 13.0. The van der Waals surface area contributed by atoms with Gasteiger partial charge in [0.2, 0.25) is 0 Å². The molecule has 0 atom stereocenters. The smallest absolute Gasteiger partial charge is 0.497 e.